The van der Waals surface area contributed by atoms with Crippen LogP contribution in [0.2, 0.25) is 10.0 Å². The van der Waals surface area contributed by atoms with Gasteiger partial charge in [-0.2, -0.15) is 0 Å². The van der Waals surface area contributed by atoms with E-state index in [4.69, 9.17) is 32.7 Å². The number of fused-ring (bicyclic) bond motifs is 1. The lowest BCUT2D eigenvalue weighted by molar-refractivity contribution is 0.0527. The van der Waals surface area contributed by atoms with Gasteiger partial charge in [0.2, 0.25) is 0 Å². The van der Waals surface area contributed by atoms with Crippen LogP contribution in [-0.2, 0) is 17.5 Å². The number of ether oxygens (including phenoxy) is 2. The Morgan fingerprint density at radius 3 is 2.57 bits per heavy atom. The third-order valence-electron chi connectivity index (χ3n) is 4.56. The number of aryl methyl sites for hydroxylation is 1. The summed E-state index contributed by atoms with van der Waals surface area (Å²) in [6.07, 6.45) is 0. The zero-order chi connectivity index (χ0) is 22.2. The molecule has 0 radical (unpaired) electrons. The molecule has 3 rings (SSSR count). The predicted molar refractivity (Wildman–Crippen MR) is 122 cm³/mol. The molecule has 10 heteroatoms. The number of hydrogen-bond acceptors (Lipinski definition) is 6. The van der Waals surface area contributed by atoms with E-state index in [2.05, 4.69) is 15.9 Å². The number of carbonyl (C=O) groups excluding carboxylic acids is 1. The fraction of sp³-hybridized carbons (Fsp3) is 0.250. The highest BCUT2D eigenvalue weighted by Gasteiger charge is 2.24. The first-order valence-electron chi connectivity index (χ1n) is 8.75. The number of esters is 1. The van der Waals surface area contributed by atoms with Crippen LogP contribution in [0.25, 0.3) is 10.9 Å². The number of rotatable bonds is 6. The highest BCUT2D eigenvalue weighted by Crippen LogP contribution is 2.45. The van der Waals surface area contributed by atoms with Crippen LogP contribution >= 0.6 is 50.9 Å². The van der Waals surface area contributed by atoms with E-state index in [0.717, 1.165) is 9.99 Å². The third-order valence-corrected chi connectivity index (χ3v) is 7.07. The van der Waals surface area contributed by atoms with E-state index in [1.165, 1.54) is 17.8 Å². The van der Waals surface area contributed by atoms with Gasteiger partial charge in [0, 0.05) is 23.9 Å². The van der Waals surface area contributed by atoms with E-state index in [1.54, 1.807) is 20.1 Å². The summed E-state index contributed by atoms with van der Waals surface area (Å²) in [5, 5.41) is 20.7. The van der Waals surface area contributed by atoms with Crippen molar-refractivity contribution >= 4 is 67.8 Å². The largest absolute Gasteiger partial charge is 0.506 e. The maximum absolute atomic E-state index is 12.8. The van der Waals surface area contributed by atoms with E-state index in [-0.39, 0.29) is 28.2 Å². The fourth-order valence-corrected chi connectivity index (χ4v) is 5.04. The SMILES string of the molecule is CCOC(=O)c1c(CSc2cc(O)c(Cl)c(Cl)c2O)n(C)c2cc(Br)c(OC)cc12. The minimum atomic E-state index is -0.454. The summed E-state index contributed by atoms with van der Waals surface area (Å²) in [5.41, 5.74) is 1.90. The lowest BCUT2D eigenvalue weighted by Crippen LogP contribution is -2.08. The molecule has 6 nitrogen and oxygen atoms in total. The smallest absolute Gasteiger partial charge is 0.340 e. The second-order valence-electron chi connectivity index (χ2n) is 6.26. The van der Waals surface area contributed by atoms with Crippen LogP contribution < -0.4 is 4.74 Å². The molecule has 0 fully saturated rings. The quantitative estimate of drug-likeness (QED) is 0.225. The Balaban J connectivity index is 2.12. The molecule has 0 aliphatic rings. The minimum Gasteiger partial charge on any atom is -0.506 e. The molecule has 3 aromatic rings. The highest BCUT2D eigenvalue weighted by molar-refractivity contribution is 9.10. The number of thioether (sulfide) groups is 1. The van der Waals surface area contributed by atoms with Crippen molar-refractivity contribution in [3.8, 4) is 17.2 Å². The number of methoxy groups -OCH3 is 1. The average molecular weight is 535 g/mol. The number of nitrogens with zero attached hydrogens (tertiary/aromatic N) is 1. The summed E-state index contributed by atoms with van der Waals surface area (Å²) >= 11 is 16.5. The van der Waals surface area contributed by atoms with Crippen molar-refractivity contribution in [2.24, 2.45) is 7.05 Å². The van der Waals surface area contributed by atoms with Gasteiger partial charge in [-0.15, -0.1) is 11.8 Å². The molecular weight excluding hydrogens is 517 g/mol. The first-order chi connectivity index (χ1) is 14.2. The second-order valence-corrected chi connectivity index (χ2v) is 8.89. The first kappa shape index (κ1) is 22.9. The molecule has 0 saturated heterocycles. The van der Waals surface area contributed by atoms with Crippen molar-refractivity contribution in [1.82, 2.24) is 4.57 Å². The van der Waals surface area contributed by atoms with Gasteiger partial charge in [-0.3, -0.25) is 0 Å². The molecule has 0 unspecified atom stereocenters. The van der Waals surface area contributed by atoms with Crippen LogP contribution in [-0.4, -0.2) is 34.5 Å². The van der Waals surface area contributed by atoms with Crippen molar-refractivity contribution in [1.29, 1.82) is 0 Å². The summed E-state index contributed by atoms with van der Waals surface area (Å²) in [6, 6.07) is 4.98. The molecule has 2 aromatic carbocycles. The highest BCUT2D eigenvalue weighted by atomic mass is 79.9. The maximum atomic E-state index is 12.8. The molecule has 0 aliphatic carbocycles. The average Bonchev–Trinajstić information content (AvgIpc) is 2.98. The summed E-state index contributed by atoms with van der Waals surface area (Å²) < 4.78 is 13.3. The summed E-state index contributed by atoms with van der Waals surface area (Å²) in [6.45, 7) is 1.97. The topological polar surface area (TPSA) is 80.9 Å². The molecule has 0 bridgehead atoms. The van der Waals surface area contributed by atoms with Gasteiger partial charge in [0.05, 0.1) is 34.2 Å². The second kappa shape index (κ2) is 9.18. The Hall–Kier alpha value is -1.74. The third kappa shape index (κ3) is 4.06. The maximum Gasteiger partial charge on any atom is 0.340 e. The number of aromatic hydroxyl groups is 2. The summed E-state index contributed by atoms with van der Waals surface area (Å²) in [5.74, 6) is -0.0395. The molecular formula is C20H18BrCl2NO5S. The van der Waals surface area contributed by atoms with E-state index in [1.807, 2.05) is 17.7 Å². The van der Waals surface area contributed by atoms with Gasteiger partial charge >= 0.3 is 5.97 Å². The molecule has 0 saturated carbocycles. The van der Waals surface area contributed by atoms with E-state index >= 15 is 0 Å². The normalized spacial score (nSPS) is 11.1. The van der Waals surface area contributed by atoms with Gasteiger partial charge in [-0.05, 0) is 41.1 Å². The van der Waals surface area contributed by atoms with Crippen LogP contribution in [0.3, 0.4) is 0 Å². The van der Waals surface area contributed by atoms with Crippen LogP contribution in [0.5, 0.6) is 17.2 Å². The molecule has 1 heterocycles. The molecule has 1 aromatic heterocycles. The summed E-state index contributed by atoms with van der Waals surface area (Å²) in [7, 11) is 3.39. The number of carbonyl (C=O) groups is 1. The Morgan fingerprint density at radius 1 is 1.23 bits per heavy atom. The predicted octanol–water partition coefficient (Wildman–Crippen LogP) is 6.14. The van der Waals surface area contributed by atoms with Crippen molar-refractivity contribution in [2.75, 3.05) is 13.7 Å². The Labute approximate surface area is 195 Å². The number of benzene rings is 2. The lowest BCUT2D eigenvalue weighted by atomic mass is 10.1. The Morgan fingerprint density at radius 2 is 1.93 bits per heavy atom. The molecule has 30 heavy (non-hydrogen) atoms. The molecule has 2 N–H and O–H groups in total. The molecule has 0 atom stereocenters. The number of hydrogen-bond donors (Lipinski definition) is 2. The molecule has 160 valence electrons. The monoisotopic (exact) mass is 533 g/mol. The van der Waals surface area contributed by atoms with Crippen molar-refractivity contribution < 1.29 is 24.5 Å². The van der Waals surface area contributed by atoms with Gasteiger partial charge in [-0.25, -0.2) is 4.79 Å². The van der Waals surface area contributed by atoms with Crippen LogP contribution in [0.15, 0.2) is 27.6 Å². The zero-order valence-corrected chi connectivity index (χ0v) is 20.2. The van der Waals surface area contributed by atoms with Crippen molar-refractivity contribution in [3.63, 3.8) is 0 Å². The lowest BCUT2D eigenvalue weighted by Gasteiger charge is -2.11. The van der Waals surface area contributed by atoms with Gasteiger partial charge in [0.15, 0.2) is 0 Å². The van der Waals surface area contributed by atoms with E-state index in [9.17, 15) is 15.0 Å². The Bertz CT molecular complexity index is 1150. The molecule has 0 spiro atoms. The molecule has 0 amide bonds. The van der Waals surface area contributed by atoms with E-state index in [0.29, 0.717) is 33.0 Å². The van der Waals surface area contributed by atoms with Crippen molar-refractivity contribution in [3.05, 3.63) is 44.0 Å². The van der Waals surface area contributed by atoms with Crippen LogP contribution in [0.1, 0.15) is 23.0 Å². The standard InChI is InChI=1S/C20H18BrCl2NO5S/c1-4-29-20(27)16-9-5-14(28-3)10(21)6-11(9)24(2)12(16)8-30-15-7-13(25)17(22)18(23)19(15)26/h5-7,25-26H,4,8H2,1-3H3. The Kier molecular flexibility index (Phi) is 7.02. The minimum absolute atomic E-state index is 0.118. The number of halogens is 3. The number of phenolic OH excluding ortho intramolecular Hbond substituents is 2. The van der Waals surface area contributed by atoms with Gasteiger partial charge in [0.25, 0.3) is 0 Å². The number of phenols is 2. The van der Waals surface area contributed by atoms with Crippen LogP contribution in [0.4, 0.5) is 0 Å². The van der Waals surface area contributed by atoms with Gasteiger partial charge in [-0.1, -0.05) is 23.2 Å². The van der Waals surface area contributed by atoms with E-state index < -0.39 is 5.97 Å². The number of aromatic nitrogens is 1. The van der Waals surface area contributed by atoms with Crippen LogP contribution in [0, 0.1) is 0 Å². The van der Waals surface area contributed by atoms with Gasteiger partial charge in [0.1, 0.15) is 27.3 Å². The zero-order valence-electron chi connectivity index (χ0n) is 16.3. The van der Waals surface area contributed by atoms with Gasteiger partial charge < -0.3 is 24.3 Å². The molecule has 0 aliphatic heterocycles. The first-order valence-corrected chi connectivity index (χ1v) is 11.3. The summed E-state index contributed by atoms with van der Waals surface area (Å²) in [4.78, 5) is 13.1. The fourth-order valence-electron chi connectivity index (χ4n) is 3.08. The van der Waals surface area contributed by atoms with Crippen molar-refractivity contribution in [2.45, 2.75) is 17.6 Å².